The van der Waals surface area contributed by atoms with Crippen molar-refractivity contribution in [3.8, 4) is 0 Å². The predicted molar refractivity (Wildman–Crippen MR) is 52.5 cm³/mol. The fourth-order valence-corrected chi connectivity index (χ4v) is 0.757. The average Bonchev–Trinajstić information content (AvgIpc) is 2.00. The maximum absolute atomic E-state index is 11.2. The van der Waals surface area contributed by atoms with Crippen LogP contribution in [0.15, 0.2) is 0 Å². The Labute approximate surface area is 79.9 Å². The van der Waals surface area contributed by atoms with Gasteiger partial charge in [-0.05, 0) is 27.4 Å². The molecule has 0 aliphatic carbocycles. The van der Waals surface area contributed by atoms with Gasteiger partial charge in [0.1, 0.15) is 0 Å². The zero-order valence-electron chi connectivity index (χ0n) is 8.92. The van der Waals surface area contributed by atoms with Gasteiger partial charge in [-0.2, -0.15) is 0 Å². The zero-order valence-corrected chi connectivity index (χ0v) is 8.92. The molecule has 0 bridgehead atoms. The highest BCUT2D eigenvalue weighted by molar-refractivity contribution is 5.77. The minimum Gasteiger partial charge on any atom is -0.388 e. The quantitative estimate of drug-likeness (QED) is 0.629. The number of aliphatic hydroxyl groups is 1. The molecule has 1 unspecified atom stereocenters. The molecule has 0 heterocycles. The first-order valence-corrected chi connectivity index (χ1v) is 4.51. The van der Waals surface area contributed by atoms with Crippen LogP contribution in [0.1, 0.15) is 20.3 Å². The van der Waals surface area contributed by atoms with Crippen LogP contribution in [-0.2, 0) is 4.79 Å². The first-order chi connectivity index (χ1) is 5.87. The summed E-state index contributed by atoms with van der Waals surface area (Å²) in [6.45, 7) is 4.27. The summed E-state index contributed by atoms with van der Waals surface area (Å²) in [5.41, 5.74) is -0.790. The fraction of sp³-hybridized carbons (Fsp3) is 0.889. The summed E-state index contributed by atoms with van der Waals surface area (Å²) in [6.07, 6.45) is 0.634. The number of rotatable bonds is 5. The van der Waals surface area contributed by atoms with Crippen LogP contribution in [-0.4, -0.2) is 48.7 Å². The molecule has 1 amide bonds. The minimum absolute atomic E-state index is 0.0567. The van der Waals surface area contributed by atoms with Crippen molar-refractivity contribution in [1.29, 1.82) is 0 Å². The first-order valence-electron chi connectivity index (χ1n) is 4.51. The monoisotopic (exact) mass is 188 g/mol. The van der Waals surface area contributed by atoms with E-state index in [0.29, 0.717) is 19.5 Å². The van der Waals surface area contributed by atoms with E-state index in [-0.39, 0.29) is 5.91 Å². The van der Waals surface area contributed by atoms with E-state index in [1.54, 1.807) is 11.8 Å². The largest absolute Gasteiger partial charge is 0.388 e. The summed E-state index contributed by atoms with van der Waals surface area (Å²) >= 11 is 0. The number of carbonyl (C=O) groups excluding carboxylic acids is 1. The Morgan fingerprint density at radius 2 is 2.08 bits per heavy atom. The molecule has 1 atom stereocenters. The lowest BCUT2D eigenvalue weighted by Crippen LogP contribution is -2.43. The Hall–Kier alpha value is -0.610. The molecule has 13 heavy (non-hydrogen) atoms. The van der Waals surface area contributed by atoms with E-state index in [4.69, 9.17) is 0 Å². The third kappa shape index (κ3) is 6.54. The number of nitrogens with zero attached hydrogens (tertiary/aromatic N) is 1. The van der Waals surface area contributed by atoms with Crippen LogP contribution < -0.4 is 5.32 Å². The molecule has 0 aliphatic rings. The second-order valence-corrected chi connectivity index (χ2v) is 3.87. The van der Waals surface area contributed by atoms with Crippen molar-refractivity contribution in [1.82, 2.24) is 10.2 Å². The van der Waals surface area contributed by atoms with Gasteiger partial charge in [-0.3, -0.25) is 4.79 Å². The highest BCUT2D eigenvalue weighted by Crippen LogP contribution is 2.05. The van der Waals surface area contributed by atoms with Gasteiger partial charge in [0, 0.05) is 6.54 Å². The standard InChI is InChI=1S/C9H20N2O2/c1-5-9(2,13)7-10-8(12)6-11(3)4/h13H,5-7H2,1-4H3,(H,10,12). The van der Waals surface area contributed by atoms with Crippen LogP contribution in [0.5, 0.6) is 0 Å². The lowest BCUT2D eigenvalue weighted by molar-refractivity contribution is -0.122. The lowest BCUT2D eigenvalue weighted by Gasteiger charge is -2.22. The van der Waals surface area contributed by atoms with Gasteiger partial charge in [0.2, 0.25) is 5.91 Å². The number of hydrogen-bond acceptors (Lipinski definition) is 3. The number of nitrogens with one attached hydrogen (secondary N) is 1. The van der Waals surface area contributed by atoms with Gasteiger partial charge < -0.3 is 15.3 Å². The Balaban J connectivity index is 3.70. The molecular weight excluding hydrogens is 168 g/mol. The lowest BCUT2D eigenvalue weighted by atomic mass is 10.0. The van der Waals surface area contributed by atoms with Crippen molar-refractivity contribution in [2.75, 3.05) is 27.2 Å². The van der Waals surface area contributed by atoms with Gasteiger partial charge in [-0.1, -0.05) is 6.92 Å². The number of carbonyl (C=O) groups is 1. The molecule has 4 nitrogen and oxygen atoms in total. The molecule has 0 fully saturated rings. The van der Waals surface area contributed by atoms with Crippen LogP contribution >= 0.6 is 0 Å². The van der Waals surface area contributed by atoms with E-state index < -0.39 is 5.60 Å². The van der Waals surface area contributed by atoms with Crippen LogP contribution in [0.4, 0.5) is 0 Å². The molecule has 78 valence electrons. The average molecular weight is 188 g/mol. The van der Waals surface area contributed by atoms with Crippen LogP contribution in [0.3, 0.4) is 0 Å². The number of amides is 1. The van der Waals surface area contributed by atoms with Crippen LogP contribution in [0, 0.1) is 0 Å². The van der Waals surface area contributed by atoms with Crippen molar-refractivity contribution in [2.45, 2.75) is 25.9 Å². The van der Waals surface area contributed by atoms with E-state index in [1.165, 1.54) is 0 Å². The summed E-state index contributed by atoms with van der Waals surface area (Å²) in [6, 6.07) is 0. The predicted octanol–water partition coefficient (Wildman–Crippen LogP) is -0.175. The van der Waals surface area contributed by atoms with E-state index in [2.05, 4.69) is 5.32 Å². The SMILES string of the molecule is CCC(C)(O)CNC(=O)CN(C)C. The summed E-state index contributed by atoms with van der Waals surface area (Å²) in [5, 5.41) is 12.3. The van der Waals surface area contributed by atoms with Gasteiger partial charge in [-0.15, -0.1) is 0 Å². The van der Waals surface area contributed by atoms with E-state index in [1.807, 2.05) is 21.0 Å². The van der Waals surface area contributed by atoms with Crippen LogP contribution in [0.25, 0.3) is 0 Å². The maximum atomic E-state index is 11.2. The van der Waals surface area contributed by atoms with E-state index >= 15 is 0 Å². The summed E-state index contributed by atoms with van der Waals surface area (Å²) in [7, 11) is 3.66. The van der Waals surface area contributed by atoms with Gasteiger partial charge in [0.05, 0.1) is 12.1 Å². The van der Waals surface area contributed by atoms with Crippen molar-refractivity contribution >= 4 is 5.91 Å². The summed E-state index contributed by atoms with van der Waals surface area (Å²) in [5.74, 6) is -0.0567. The van der Waals surface area contributed by atoms with Gasteiger partial charge in [0.25, 0.3) is 0 Å². The molecular formula is C9H20N2O2. The molecule has 4 heteroatoms. The topological polar surface area (TPSA) is 52.6 Å². The molecule has 0 radical (unpaired) electrons. The maximum Gasteiger partial charge on any atom is 0.234 e. The molecule has 0 saturated carbocycles. The molecule has 0 aromatic heterocycles. The second-order valence-electron chi connectivity index (χ2n) is 3.87. The van der Waals surface area contributed by atoms with E-state index in [0.717, 1.165) is 0 Å². The Bertz CT molecular complexity index is 167. The van der Waals surface area contributed by atoms with Gasteiger partial charge >= 0.3 is 0 Å². The molecule has 0 saturated heterocycles. The first kappa shape index (κ1) is 12.4. The fourth-order valence-electron chi connectivity index (χ4n) is 0.757. The molecule has 0 aromatic rings. The number of hydrogen-bond donors (Lipinski definition) is 2. The minimum atomic E-state index is -0.790. The highest BCUT2D eigenvalue weighted by atomic mass is 16.3. The van der Waals surface area contributed by atoms with Crippen LogP contribution in [0.2, 0.25) is 0 Å². The Kier molecular flexibility index (Phi) is 4.95. The molecule has 2 N–H and O–H groups in total. The highest BCUT2D eigenvalue weighted by Gasteiger charge is 2.18. The van der Waals surface area contributed by atoms with Gasteiger partial charge in [-0.25, -0.2) is 0 Å². The smallest absolute Gasteiger partial charge is 0.234 e. The van der Waals surface area contributed by atoms with Crippen molar-refractivity contribution in [3.63, 3.8) is 0 Å². The summed E-state index contributed by atoms with van der Waals surface area (Å²) in [4.78, 5) is 12.9. The van der Waals surface area contributed by atoms with E-state index in [9.17, 15) is 9.90 Å². The molecule has 0 aromatic carbocycles. The molecule has 0 aliphatic heterocycles. The van der Waals surface area contributed by atoms with Crippen molar-refractivity contribution in [3.05, 3.63) is 0 Å². The van der Waals surface area contributed by atoms with Gasteiger partial charge in [0.15, 0.2) is 0 Å². The van der Waals surface area contributed by atoms with Crippen molar-refractivity contribution in [2.24, 2.45) is 0 Å². The third-order valence-electron chi connectivity index (χ3n) is 1.89. The Morgan fingerprint density at radius 1 is 1.54 bits per heavy atom. The molecule has 0 spiro atoms. The number of likely N-dealkylation sites (N-methyl/N-ethyl adjacent to an activating group) is 1. The summed E-state index contributed by atoms with van der Waals surface area (Å²) < 4.78 is 0. The van der Waals surface area contributed by atoms with Crippen molar-refractivity contribution < 1.29 is 9.90 Å². The zero-order chi connectivity index (χ0) is 10.5. The Morgan fingerprint density at radius 3 is 2.46 bits per heavy atom. The normalized spacial score (nSPS) is 15.5. The third-order valence-corrected chi connectivity index (χ3v) is 1.89. The molecule has 0 rings (SSSR count). The second kappa shape index (κ2) is 5.19.